The zero-order valence-corrected chi connectivity index (χ0v) is 16.2. The Labute approximate surface area is 168 Å². The number of hydrogen-bond acceptors (Lipinski definition) is 5. The third kappa shape index (κ3) is 4.38. The lowest BCUT2D eigenvalue weighted by atomic mass is 10.1. The SMILES string of the molecule is Cc1cccc(NC(=O)[C@@H](C)Oc2ccc(-c3cnc4ccccc4n3)cc2)n1. The average molecular weight is 384 g/mol. The van der Waals surface area contributed by atoms with Crippen molar-refractivity contribution in [3.8, 4) is 17.0 Å². The molecule has 0 saturated heterocycles. The van der Waals surface area contributed by atoms with Crippen molar-refractivity contribution in [2.45, 2.75) is 20.0 Å². The lowest BCUT2D eigenvalue weighted by Gasteiger charge is -2.15. The summed E-state index contributed by atoms with van der Waals surface area (Å²) in [6.45, 7) is 3.57. The Kier molecular flexibility index (Phi) is 5.16. The van der Waals surface area contributed by atoms with Crippen LogP contribution in [-0.2, 0) is 4.79 Å². The van der Waals surface area contributed by atoms with E-state index in [-0.39, 0.29) is 5.91 Å². The molecular weight excluding hydrogens is 364 g/mol. The second kappa shape index (κ2) is 8.06. The number of nitrogens with one attached hydrogen (secondary N) is 1. The van der Waals surface area contributed by atoms with E-state index >= 15 is 0 Å². The molecule has 2 aromatic carbocycles. The van der Waals surface area contributed by atoms with E-state index in [9.17, 15) is 4.79 Å². The largest absolute Gasteiger partial charge is 0.481 e. The van der Waals surface area contributed by atoms with Gasteiger partial charge in [0.15, 0.2) is 6.10 Å². The first-order valence-corrected chi connectivity index (χ1v) is 9.32. The number of pyridine rings is 1. The van der Waals surface area contributed by atoms with Gasteiger partial charge in [0.1, 0.15) is 11.6 Å². The zero-order chi connectivity index (χ0) is 20.2. The molecule has 0 bridgehead atoms. The van der Waals surface area contributed by atoms with E-state index in [0.29, 0.717) is 11.6 Å². The molecule has 6 heteroatoms. The summed E-state index contributed by atoms with van der Waals surface area (Å²) in [7, 11) is 0. The van der Waals surface area contributed by atoms with Crippen molar-refractivity contribution in [3.63, 3.8) is 0 Å². The third-order valence-corrected chi connectivity index (χ3v) is 4.42. The molecule has 0 unspecified atom stereocenters. The minimum atomic E-state index is -0.663. The van der Waals surface area contributed by atoms with Gasteiger partial charge in [-0.1, -0.05) is 18.2 Å². The maximum absolute atomic E-state index is 12.3. The van der Waals surface area contributed by atoms with E-state index in [2.05, 4.69) is 20.3 Å². The molecule has 0 fully saturated rings. The van der Waals surface area contributed by atoms with Crippen LogP contribution in [0.3, 0.4) is 0 Å². The number of carbonyl (C=O) groups is 1. The molecule has 4 aromatic rings. The number of benzene rings is 2. The average Bonchev–Trinajstić information content (AvgIpc) is 2.74. The van der Waals surface area contributed by atoms with Gasteiger partial charge in [0, 0.05) is 11.3 Å². The van der Waals surface area contributed by atoms with E-state index in [4.69, 9.17) is 4.74 Å². The molecule has 29 heavy (non-hydrogen) atoms. The highest BCUT2D eigenvalue weighted by atomic mass is 16.5. The minimum absolute atomic E-state index is 0.257. The summed E-state index contributed by atoms with van der Waals surface area (Å²) in [5.74, 6) is 0.852. The van der Waals surface area contributed by atoms with E-state index in [0.717, 1.165) is 28.0 Å². The molecule has 0 aliphatic rings. The van der Waals surface area contributed by atoms with Crippen LogP contribution < -0.4 is 10.1 Å². The highest BCUT2D eigenvalue weighted by Crippen LogP contribution is 2.22. The Morgan fingerprint density at radius 3 is 2.45 bits per heavy atom. The molecule has 1 amide bonds. The predicted octanol–water partition coefficient (Wildman–Crippen LogP) is 4.41. The van der Waals surface area contributed by atoms with Gasteiger partial charge in [-0.05, 0) is 62.4 Å². The number of ether oxygens (including phenoxy) is 1. The van der Waals surface area contributed by atoms with Gasteiger partial charge in [-0.15, -0.1) is 0 Å². The van der Waals surface area contributed by atoms with Crippen molar-refractivity contribution >= 4 is 22.8 Å². The normalized spacial score (nSPS) is 11.8. The summed E-state index contributed by atoms with van der Waals surface area (Å²) in [5, 5.41) is 2.76. The van der Waals surface area contributed by atoms with E-state index in [1.54, 1.807) is 19.2 Å². The van der Waals surface area contributed by atoms with Crippen LogP contribution >= 0.6 is 0 Å². The van der Waals surface area contributed by atoms with Crippen LogP contribution in [0.1, 0.15) is 12.6 Å². The Balaban J connectivity index is 1.43. The molecule has 4 rings (SSSR count). The van der Waals surface area contributed by atoms with Crippen LogP contribution in [-0.4, -0.2) is 27.0 Å². The summed E-state index contributed by atoms with van der Waals surface area (Å²) < 4.78 is 5.76. The number of amides is 1. The van der Waals surface area contributed by atoms with Gasteiger partial charge in [0.25, 0.3) is 5.91 Å². The topological polar surface area (TPSA) is 77.0 Å². The molecular formula is C23H20N4O2. The fourth-order valence-electron chi connectivity index (χ4n) is 2.90. The Hall–Kier alpha value is -3.80. The highest BCUT2D eigenvalue weighted by Gasteiger charge is 2.15. The first-order chi connectivity index (χ1) is 14.1. The van der Waals surface area contributed by atoms with Crippen LogP contribution in [0.2, 0.25) is 0 Å². The molecule has 0 spiro atoms. The number of hydrogen-bond donors (Lipinski definition) is 1. The number of aryl methyl sites for hydroxylation is 1. The quantitative estimate of drug-likeness (QED) is 0.552. The molecule has 0 radical (unpaired) electrons. The van der Waals surface area contributed by atoms with Gasteiger partial charge in [-0.2, -0.15) is 0 Å². The molecule has 144 valence electrons. The summed E-state index contributed by atoms with van der Waals surface area (Å²) in [5.41, 5.74) is 4.26. The van der Waals surface area contributed by atoms with Crippen molar-refractivity contribution in [2.24, 2.45) is 0 Å². The van der Waals surface area contributed by atoms with Gasteiger partial charge in [0.05, 0.1) is 22.9 Å². The van der Waals surface area contributed by atoms with Gasteiger partial charge in [-0.3, -0.25) is 9.78 Å². The molecule has 1 N–H and O–H groups in total. The van der Waals surface area contributed by atoms with Crippen molar-refractivity contribution in [2.75, 3.05) is 5.32 Å². The summed E-state index contributed by atoms with van der Waals surface area (Å²) in [6.07, 6.45) is 1.09. The van der Waals surface area contributed by atoms with Gasteiger partial charge < -0.3 is 10.1 Å². The number of rotatable bonds is 5. The number of para-hydroxylation sites is 2. The van der Waals surface area contributed by atoms with Crippen LogP contribution in [0.5, 0.6) is 5.75 Å². The van der Waals surface area contributed by atoms with Crippen LogP contribution in [0.25, 0.3) is 22.3 Å². The van der Waals surface area contributed by atoms with E-state index in [1.165, 1.54) is 0 Å². The Morgan fingerprint density at radius 2 is 1.69 bits per heavy atom. The molecule has 2 heterocycles. The number of carbonyl (C=O) groups excluding carboxylic acids is 1. The molecule has 2 aromatic heterocycles. The molecule has 0 aliphatic carbocycles. The van der Waals surface area contributed by atoms with Gasteiger partial charge >= 0.3 is 0 Å². The number of fused-ring (bicyclic) bond motifs is 1. The lowest BCUT2D eigenvalue weighted by Crippen LogP contribution is -2.30. The summed E-state index contributed by atoms with van der Waals surface area (Å²) in [6, 6.07) is 20.7. The van der Waals surface area contributed by atoms with Crippen molar-refractivity contribution in [1.29, 1.82) is 0 Å². The summed E-state index contributed by atoms with van der Waals surface area (Å²) >= 11 is 0. The Morgan fingerprint density at radius 1 is 0.931 bits per heavy atom. The lowest BCUT2D eigenvalue weighted by molar-refractivity contribution is -0.122. The maximum atomic E-state index is 12.3. The van der Waals surface area contributed by atoms with E-state index in [1.807, 2.05) is 67.6 Å². The van der Waals surface area contributed by atoms with Crippen LogP contribution in [0.15, 0.2) is 72.9 Å². The smallest absolute Gasteiger partial charge is 0.266 e. The standard InChI is InChI=1S/C23H20N4O2/c1-15-6-5-9-22(25-15)27-23(28)16(2)29-18-12-10-17(11-13-18)21-14-24-19-7-3-4-8-20(19)26-21/h3-14,16H,1-2H3,(H,25,27,28)/t16-/m1/s1. The fraction of sp³-hybridized carbons (Fsp3) is 0.130. The van der Waals surface area contributed by atoms with Crippen molar-refractivity contribution in [3.05, 3.63) is 78.6 Å². The first-order valence-electron chi connectivity index (χ1n) is 9.32. The number of anilines is 1. The second-order valence-corrected chi connectivity index (χ2v) is 6.68. The van der Waals surface area contributed by atoms with Gasteiger partial charge in [-0.25, -0.2) is 9.97 Å². The molecule has 0 aliphatic heterocycles. The monoisotopic (exact) mass is 384 g/mol. The predicted molar refractivity (Wildman–Crippen MR) is 113 cm³/mol. The molecule has 6 nitrogen and oxygen atoms in total. The third-order valence-electron chi connectivity index (χ3n) is 4.42. The number of aromatic nitrogens is 3. The minimum Gasteiger partial charge on any atom is -0.481 e. The summed E-state index contributed by atoms with van der Waals surface area (Å²) in [4.78, 5) is 25.7. The molecule has 0 saturated carbocycles. The Bertz CT molecular complexity index is 1160. The van der Waals surface area contributed by atoms with Crippen LogP contribution in [0.4, 0.5) is 5.82 Å². The van der Waals surface area contributed by atoms with Crippen molar-refractivity contribution < 1.29 is 9.53 Å². The highest BCUT2D eigenvalue weighted by molar-refractivity contribution is 5.93. The second-order valence-electron chi connectivity index (χ2n) is 6.68. The molecule has 1 atom stereocenters. The van der Waals surface area contributed by atoms with Crippen LogP contribution in [0, 0.1) is 6.92 Å². The fourth-order valence-corrected chi connectivity index (χ4v) is 2.90. The maximum Gasteiger partial charge on any atom is 0.266 e. The number of nitrogens with zero attached hydrogens (tertiary/aromatic N) is 3. The first kappa shape index (κ1) is 18.6. The van der Waals surface area contributed by atoms with Gasteiger partial charge in [0.2, 0.25) is 0 Å². The zero-order valence-electron chi connectivity index (χ0n) is 16.2. The van der Waals surface area contributed by atoms with E-state index < -0.39 is 6.10 Å². The van der Waals surface area contributed by atoms with Crippen molar-refractivity contribution in [1.82, 2.24) is 15.0 Å².